The van der Waals surface area contributed by atoms with Crippen LogP contribution in [0, 0.1) is 12.8 Å². The molecule has 2 aliphatic rings. The largest absolute Gasteiger partial charge is 0.481 e. The molecule has 0 saturated carbocycles. The fourth-order valence-electron chi connectivity index (χ4n) is 3.87. The van der Waals surface area contributed by atoms with Gasteiger partial charge in [-0.15, -0.1) is 0 Å². The van der Waals surface area contributed by atoms with E-state index in [1.54, 1.807) is 12.1 Å². The normalized spacial score (nSPS) is 31.0. The number of carbonyl (C=O) groups excluding carboxylic acids is 1. The zero-order chi connectivity index (χ0) is 15.9. The van der Waals surface area contributed by atoms with Crippen molar-refractivity contribution in [3.8, 4) is 0 Å². The van der Waals surface area contributed by atoms with Crippen LogP contribution in [0.5, 0.6) is 0 Å². The van der Waals surface area contributed by atoms with Crippen molar-refractivity contribution >= 4 is 11.9 Å². The van der Waals surface area contributed by atoms with Crippen molar-refractivity contribution in [2.75, 3.05) is 7.05 Å². The number of piperidine rings is 1. The minimum absolute atomic E-state index is 0.0362. The fraction of sp³-hybridized carbons (Fsp3) is 0.529. The highest BCUT2D eigenvalue weighted by molar-refractivity contribution is 5.91. The third kappa shape index (κ3) is 2.50. The van der Waals surface area contributed by atoms with E-state index in [9.17, 15) is 14.7 Å². The molecule has 3 rings (SSSR count). The molecule has 4 atom stereocenters. The Labute approximate surface area is 129 Å². The molecule has 2 bridgehead atoms. The van der Waals surface area contributed by atoms with Crippen LogP contribution in [0.3, 0.4) is 0 Å². The van der Waals surface area contributed by atoms with Crippen molar-refractivity contribution in [2.45, 2.75) is 44.4 Å². The van der Waals surface area contributed by atoms with Gasteiger partial charge in [0.15, 0.2) is 0 Å². The zero-order valence-corrected chi connectivity index (χ0v) is 12.9. The van der Waals surface area contributed by atoms with Gasteiger partial charge in [-0.1, -0.05) is 18.2 Å². The van der Waals surface area contributed by atoms with Gasteiger partial charge in [0.1, 0.15) is 12.0 Å². The third-order valence-corrected chi connectivity index (χ3v) is 5.12. The van der Waals surface area contributed by atoms with Crippen LogP contribution < -0.4 is 0 Å². The van der Waals surface area contributed by atoms with Crippen molar-refractivity contribution in [1.82, 2.24) is 4.90 Å². The lowest BCUT2D eigenvalue weighted by Gasteiger charge is -2.40. The van der Waals surface area contributed by atoms with Crippen molar-refractivity contribution in [3.63, 3.8) is 0 Å². The van der Waals surface area contributed by atoms with Crippen LogP contribution in [0.15, 0.2) is 24.3 Å². The predicted molar refractivity (Wildman–Crippen MR) is 80.7 cm³/mol. The van der Waals surface area contributed by atoms with Crippen LogP contribution in [0.2, 0.25) is 0 Å². The van der Waals surface area contributed by atoms with Gasteiger partial charge in [0.05, 0.1) is 5.56 Å². The molecule has 5 heteroatoms. The maximum Gasteiger partial charge on any atom is 0.338 e. The van der Waals surface area contributed by atoms with E-state index in [0.29, 0.717) is 18.0 Å². The molecule has 2 heterocycles. The van der Waals surface area contributed by atoms with Gasteiger partial charge in [-0.3, -0.25) is 9.69 Å². The number of ether oxygens (including phenoxy) is 1. The highest BCUT2D eigenvalue weighted by Crippen LogP contribution is 2.39. The molecule has 118 valence electrons. The molecule has 1 aromatic carbocycles. The summed E-state index contributed by atoms with van der Waals surface area (Å²) < 4.78 is 5.61. The van der Waals surface area contributed by atoms with Crippen LogP contribution in [0.4, 0.5) is 0 Å². The molecule has 2 aliphatic heterocycles. The number of hydrogen-bond acceptors (Lipinski definition) is 4. The summed E-state index contributed by atoms with van der Waals surface area (Å²) in [4.78, 5) is 26.2. The van der Waals surface area contributed by atoms with Crippen LogP contribution in [-0.2, 0) is 9.53 Å². The number of esters is 1. The van der Waals surface area contributed by atoms with Gasteiger partial charge >= 0.3 is 11.9 Å². The number of fused-ring (bicyclic) bond motifs is 2. The molecule has 0 spiro atoms. The lowest BCUT2D eigenvalue weighted by atomic mass is 9.87. The van der Waals surface area contributed by atoms with Crippen molar-refractivity contribution in [1.29, 1.82) is 0 Å². The molecule has 0 aromatic heterocycles. The number of carbonyl (C=O) groups is 2. The number of rotatable bonds is 3. The summed E-state index contributed by atoms with van der Waals surface area (Å²) in [6.45, 7) is 1.85. The first-order chi connectivity index (χ1) is 10.5. The summed E-state index contributed by atoms with van der Waals surface area (Å²) in [5, 5.41) is 9.57. The first-order valence-electron chi connectivity index (χ1n) is 7.70. The quantitative estimate of drug-likeness (QED) is 0.866. The number of aliphatic carboxylic acids is 1. The Kier molecular flexibility index (Phi) is 3.91. The Balaban J connectivity index is 1.80. The third-order valence-electron chi connectivity index (χ3n) is 5.12. The van der Waals surface area contributed by atoms with E-state index < -0.39 is 24.0 Å². The summed E-state index contributed by atoms with van der Waals surface area (Å²) >= 11 is 0. The van der Waals surface area contributed by atoms with Crippen molar-refractivity contribution in [3.05, 3.63) is 35.4 Å². The molecule has 5 nitrogen and oxygen atoms in total. The highest BCUT2D eigenvalue weighted by Gasteiger charge is 2.50. The Morgan fingerprint density at radius 1 is 1.27 bits per heavy atom. The number of benzene rings is 1. The van der Waals surface area contributed by atoms with E-state index in [2.05, 4.69) is 4.90 Å². The molecule has 22 heavy (non-hydrogen) atoms. The Bertz CT molecular complexity index is 600. The van der Waals surface area contributed by atoms with E-state index >= 15 is 0 Å². The van der Waals surface area contributed by atoms with E-state index in [1.165, 1.54) is 0 Å². The van der Waals surface area contributed by atoms with E-state index in [1.807, 2.05) is 26.1 Å². The molecule has 0 amide bonds. The first kappa shape index (κ1) is 15.0. The standard InChI is InChI=1S/C17H21NO4/c1-10-5-3-4-6-12(10)17(21)22-14-9-11-7-8-13(18(11)2)15(14)16(19)20/h3-6,11,13-15H,7-9H2,1-2H3,(H,19,20)/t11-,13+,14-,15+/m0/s1. The SMILES string of the molecule is Cc1ccccc1C(=O)O[C@H]1C[C@@H]2CC[C@H]([C@H]1C(=O)O)N2C. The summed E-state index contributed by atoms with van der Waals surface area (Å²) in [7, 11) is 1.97. The molecule has 1 aromatic rings. The Morgan fingerprint density at radius 3 is 2.68 bits per heavy atom. The van der Waals surface area contributed by atoms with Crippen LogP contribution in [-0.4, -0.2) is 47.2 Å². The minimum atomic E-state index is -0.875. The van der Waals surface area contributed by atoms with Gasteiger partial charge in [-0.2, -0.15) is 0 Å². The monoisotopic (exact) mass is 303 g/mol. The maximum atomic E-state index is 12.4. The Hall–Kier alpha value is -1.88. The smallest absolute Gasteiger partial charge is 0.338 e. The van der Waals surface area contributed by atoms with E-state index in [0.717, 1.165) is 18.4 Å². The highest BCUT2D eigenvalue weighted by atomic mass is 16.5. The van der Waals surface area contributed by atoms with Crippen LogP contribution in [0.25, 0.3) is 0 Å². The lowest BCUT2D eigenvalue weighted by molar-refractivity contribution is -0.152. The average molecular weight is 303 g/mol. The molecular weight excluding hydrogens is 282 g/mol. The second-order valence-electron chi connectivity index (χ2n) is 6.32. The Morgan fingerprint density at radius 2 is 2.00 bits per heavy atom. The molecule has 1 N–H and O–H groups in total. The van der Waals surface area contributed by atoms with E-state index in [4.69, 9.17) is 4.74 Å². The minimum Gasteiger partial charge on any atom is -0.481 e. The van der Waals surface area contributed by atoms with Gasteiger partial charge in [-0.25, -0.2) is 4.79 Å². The van der Waals surface area contributed by atoms with Crippen LogP contribution >= 0.6 is 0 Å². The second kappa shape index (κ2) is 5.72. The summed E-state index contributed by atoms with van der Waals surface area (Å²) in [5.74, 6) is -1.94. The van der Waals surface area contributed by atoms with Crippen molar-refractivity contribution < 1.29 is 19.4 Å². The molecule has 0 unspecified atom stereocenters. The first-order valence-corrected chi connectivity index (χ1v) is 7.70. The van der Waals surface area contributed by atoms with Gasteiger partial charge in [0.2, 0.25) is 0 Å². The number of nitrogens with zero attached hydrogens (tertiary/aromatic N) is 1. The molecule has 2 fully saturated rings. The summed E-state index contributed by atoms with van der Waals surface area (Å²) in [6, 6.07) is 7.50. The van der Waals surface area contributed by atoms with Gasteiger partial charge in [0.25, 0.3) is 0 Å². The summed E-state index contributed by atoms with van der Waals surface area (Å²) in [5.41, 5.74) is 1.35. The zero-order valence-electron chi connectivity index (χ0n) is 12.9. The topological polar surface area (TPSA) is 66.8 Å². The molecule has 2 saturated heterocycles. The fourth-order valence-corrected chi connectivity index (χ4v) is 3.87. The number of hydrogen-bond donors (Lipinski definition) is 1. The van der Waals surface area contributed by atoms with Gasteiger partial charge in [0, 0.05) is 18.5 Å². The lowest BCUT2D eigenvalue weighted by Crippen LogP contribution is -2.53. The average Bonchev–Trinajstić information content (AvgIpc) is 2.71. The molecule has 0 aliphatic carbocycles. The van der Waals surface area contributed by atoms with Crippen molar-refractivity contribution in [2.24, 2.45) is 5.92 Å². The number of aryl methyl sites for hydroxylation is 1. The molecular formula is C17H21NO4. The molecule has 0 radical (unpaired) electrons. The van der Waals surface area contributed by atoms with Gasteiger partial charge < -0.3 is 9.84 Å². The summed E-state index contributed by atoms with van der Waals surface area (Å²) in [6.07, 6.45) is 1.89. The number of carboxylic acid groups (broad SMARTS) is 1. The van der Waals surface area contributed by atoms with Gasteiger partial charge in [-0.05, 0) is 38.4 Å². The second-order valence-corrected chi connectivity index (χ2v) is 6.32. The number of carboxylic acids is 1. The maximum absolute atomic E-state index is 12.4. The van der Waals surface area contributed by atoms with E-state index in [-0.39, 0.29) is 6.04 Å². The van der Waals surface area contributed by atoms with Crippen LogP contribution in [0.1, 0.15) is 35.2 Å². The predicted octanol–water partition coefficient (Wildman–Crippen LogP) is 2.09.